The smallest absolute Gasteiger partial charge is 0.222 e. The van der Waals surface area contributed by atoms with Gasteiger partial charge >= 0.3 is 0 Å². The fraction of sp³-hybridized carbons (Fsp3) is 0.591. The highest BCUT2D eigenvalue weighted by molar-refractivity contribution is 5.76. The van der Waals surface area contributed by atoms with Gasteiger partial charge in [-0.2, -0.15) is 0 Å². The molecule has 1 unspecified atom stereocenters. The van der Waals surface area contributed by atoms with Crippen LogP contribution in [0.2, 0.25) is 0 Å². The molecule has 170 valence electrons. The zero-order valence-corrected chi connectivity index (χ0v) is 18.9. The summed E-state index contributed by atoms with van der Waals surface area (Å²) < 4.78 is 18.2. The number of carbonyl (C=O) groups is 1. The first-order chi connectivity index (χ1) is 15.0. The molecule has 3 rings (SSSR count). The summed E-state index contributed by atoms with van der Waals surface area (Å²) in [6.45, 7) is 8.28. The van der Waals surface area contributed by atoms with Crippen LogP contribution in [-0.2, 0) is 29.0 Å². The van der Waals surface area contributed by atoms with Crippen LogP contribution in [-0.4, -0.2) is 66.1 Å². The lowest BCUT2D eigenvalue weighted by atomic mass is 10.2. The van der Waals surface area contributed by atoms with Crippen molar-refractivity contribution in [2.75, 3.05) is 40.5 Å². The Morgan fingerprint density at radius 2 is 2.03 bits per heavy atom. The van der Waals surface area contributed by atoms with E-state index in [-0.39, 0.29) is 11.9 Å². The molecule has 1 N–H and O–H groups in total. The number of nitrogens with zero attached hydrogens (tertiary/aromatic N) is 4. The first-order valence-electron chi connectivity index (χ1n) is 10.8. The molecule has 1 aliphatic rings. The molecule has 2 heterocycles. The van der Waals surface area contributed by atoms with Crippen molar-refractivity contribution in [3.05, 3.63) is 35.4 Å². The fourth-order valence-electron chi connectivity index (χ4n) is 3.79. The fourth-order valence-corrected chi connectivity index (χ4v) is 3.79. The van der Waals surface area contributed by atoms with Gasteiger partial charge < -0.3 is 24.1 Å². The number of ether oxygens (including phenoxy) is 3. The Bertz CT molecular complexity index is 870. The molecule has 1 aromatic carbocycles. The van der Waals surface area contributed by atoms with Gasteiger partial charge in [-0.3, -0.25) is 9.69 Å². The second-order valence-corrected chi connectivity index (χ2v) is 7.60. The zero-order chi connectivity index (χ0) is 22.2. The highest BCUT2D eigenvalue weighted by Gasteiger charge is 2.23. The Morgan fingerprint density at radius 3 is 2.77 bits per heavy atom. The predicted octanol–water partition coefficient (Wildman–Crippen LogP) is 1.96. The number of methoxy groups -OCH3 is 2. The van der Waals surface area contributed by atoms with Gasteiger partial charge in [-0.15, -0.1) is 10.2 Å². The maximum absolute atomic E-state index is 12.0. The lowest BCUT2D eigenvalue weighted by molar-refractivity contribution is -0.122. The lowest BCUT2D eigenvalue weighted by Gasteiger charge is -2.21. The third-order valence-electron chi connectivity index (χ3n) is 5.38. The Balaban J connectivity index is 1.63. The first-order valence-corrected chi connectivity index (χ1v) is 10.8. The van der Waals surface area contributed by atoms with Crippen molar-refractivity contribution in [3.63, 3.8) is 0 Å². The van der Waals surface area contributed by atoms with Crippen LogP contribution in [0, 0.1) is 0 Å². The lowest BCUT2D eigenvalue weighted by Crippen LogP contribution is -2.30. The van der Waals surface area contributed by atoms with Gasteiger partial charge in [0.2, 0.25) is 5.91 Å². The number of amides is 1. The molecular formula is C22H33N5O4. The van der Waals surface area contributed by atoms with Gasteiger partial charge in [0.15, 0.2) is 17.3 Å². The summed E-state index contributed by atoms with van der Waals surface area (Å²) in [6.07, 6.45) is 1.15. The summed E-state index contributed by atoms with van der Waals surface area (Å²) >= 11 is 0. The molecule has 31 heavy (non-hydrogen) atoms. The molecular weight excluding hydrogens is 398 g/mol. The molecule has 0 saturated heterocycles. The SMILES string of the molecule is CCOc1cc(CN2CCc3nnc(C(C)NC(=O)CCOC)n3CC2)ccc1OC. The number of hydrogen-bond donors (Lipinski definition) is 1. The molecule has 1 aromatic heterocycles. The zero-order valence-electron chi connectivity index (χ0n) is 18.9. The van der Waals surface area contributed by atoms with Crippen LogP contribution in [0.3, 0.4) is 0 Å². The summed E-state index contributed by atoms with van der Waals surface area (Å²) in [6, 6.07) is 5.89. The average Bonchev–Trinajstić information content (AvgIpc) is 3.07. The van der Waals surface area contributed by atoms with Crippen LogP contribution in [0.25, 0.3) is 0 Å². The summed E-state index contributed by atoms with van der Waals surface area (Å²) in [5.41, 5.74) is 1.18. The number of benzene rings is 1. The van der Waals surface area contributed by atoms with Gasteiger partial charge in [0.1, 0.15) is 5.82 Å². The number of aromatic nitrogens is 3. The molecule has 9 nitrogen and oxygen atoms in total. The topological polar surface area (TPSA) is 90.7 Å². The molecule has 0 radical (unpaired) electrons. The molecule has 0 saturated carbocycles. The standard InChI is InChI=1S/C22H33N5O4/c1-5-31-19-14-17(6-7-18(19)30-4)15-26-10-8-20-24-25-22(27(20)12-11-26)16(2)23-21(28)9-13-29-3/h6-7,14,16H,5,8-13,15H2,1-4H3,(H,23,28). The van der Waals surface area contributed by atoms with E-state index in [4.69, 9.17) is 14.2 Å². The Hall–Kier alpha value is -2.65. The predicted molar refractivity (Wildman–Crippen MR) is 116 cm³/mol. The van der Waals surface area contributed by atoms with Gasteiger partial charge in [-0.1, -0.05) is 6.07 Å². The van der Waals surface area contributed by atoms with Gasteiger partial charge in [-0.05, 0) is 31.5 Å². The molecule has 0 fully saturated rings. The highest BCUT2D eigenvalue weighted by Crippen LogP contribution is 2.28. The van der Waals surface area contributed by atoms with E-state index in [1.807, 2.05) is 19.9 Å². The minimum absolute atomic E-state index is 0.0495. The van der Waals surface area contributed by atoms with Crippen molar-refractivity contribution in [3.8, 4) is 11.5 Å². The minimum atomic E-state index is -0.201. The number of nitrogens with one attached hydrogen (secondary N) is 1. The van der Waals surface area contributed by atoms with E-state index in [1.54, 1.807) is 14.2 Å². The number of carbonyl (C=O) groups excluding carboxylic acids is 1. The highest BCUT2D eigenvalue weighted by atomic mass is 16.5. The second kappa shape index (κ2) is 11.1. The van der Waals surface area contributed by atoms with Crippen LogP contribution in [0.15, 0.2) is 18.2 Å². The van der Waals surface area contributed by atoms with Gasteiger partial charge in [0, 0.05) is 46.1 Å². The first kappa shape index (κ1) is 23.0. The Morgan fingerprint density at radius 1 is 1.19 bits per heavy atom. The summed E-state index contributed by atoms with van der Waals surface area (Å²) in [5.74, 6) is 3.23. The third-order valence-corrected chi connectivity index (χ3v) is 5.38. The van der Waals surface area contributed by atoms with Crippen LogP contribution in [0.4, 0.5) is 0 Å². The van der Waals surface area contributed by atoms with Crippen LogP contribution >= 0.6 is 0 Å². The maximum Gasteiger partial charge on any atom is 0.222 e. The molecule has 0 aliphatic carbocycles. The van der Waals surface area contributed by atoms with E-state index in [0.29, 0.717) is 19.6 Å². The summed E-state index contributed by atoms with van der Waals surface area (Å²) in [7, 11) is 3.24. The van der Waals surface area contributed by atoms with Gasteiger partial charge in [-0.25, -0.2) is 0 Å². The number of rotatable bonds is 10. The van der Waals surface area contributed by atoms with E-state index >= 15 is 0 Å². The normalized spacial score (nSPS) is 15.1. The molecule has 1 amide bonds. The third kappa shape index (κ3) is 5.95. The van der Waals surface area contributed by atoms with Crippen molar-refractivity contribution >= 4 is 5.91 Å². The molecule has 1 aliphatic heterocycles. The van der Waals surface area contributed by atoms with Crippen molar-refractivity contribution in [1.29, 1.82) is 0 Å². The summed E-state index contributed by atoms with van der Waals surface area (Å²) in [5, 5.41) is 11.7. The Labute approximate surface area is 183 Å². The quantitative estimate of drug-likeness (QED) is 0.615. The molecule has 0 bridgehead atoms. The number of hydrogen-bond acceptors (Lipinski definition) is 7. The molecule has 0 spiro atoms. The van der Waals surface area contributed by atoms with E-state index in [1.165, 1.54) is 5.56 Å². The minimum Gasteiger partial charge on any atom is -0.493 e. The van der Waals surface area contributed by atoms with Gasteiger partial charge in [0.25, 0.3) is 0 Å². The van der Waals surface area contributed by atoms with E-state index < -0.39 is 0 Å². The van der Waals surface area contributed by atoms with E-state index in [2.05, 4.69) is 37.1 Å². The molecule has 9 heteroatoms. The van der Waals surface area contributed by atoms with E-state index in [9.17, 15) is 4.79 Å². The summed E-state index contributed by atoms with van der Waals surface area (Å²) in [4.78, 5) is 14.4. The van der Waals surface area contributed by atoms with Crippen molar-refractivity contribution in [2.45, 2.75) is 45.8 Å². The van der Waals surface area contributed by atoms with Gasteiger partial charge in [0.05, 0.1) is 26.4 Å². The van der Waals surface area contributed by atoms with Crippen molar-refractivity contribution in [2.24, 2.45) is 0 Å². The Kier molecular flexibility index (Phi) is 8.25. The monoisotopic (exact) mass is 431 g/mol. The van der Waals surface area contributed by atoms with Crippen molar-refractivity contribution in [1.82, 2.24) is 25.0 Å². The van der Waals surface area contributed by atoms with Crippen molar-refractivity contribution < 1.29 is 19.0 Å². The maximum atomic E-state index is 12.0. The molecule has 2 aromatic rings. The number of fused-ring (bicyclic) bond motifs is 1. The largest absolute Gasteiger partial charge is 0.493 e. The molecule has 1 atom stereocenters. The second-order valence-electron chi connectivity index (χ2n) is 7.60. The van der Waals surface area contributed by atoms with Crippen LogP contribution in [0.1, 0.15) is 43.5 Å². The van der Waals surface area contributed by atoms with Crippen LogP contribution < -0.4 is 14.8 Å². The van der Waals surface area contributed by atoms with E-state index in [0.717, 1.165) is 55.7 Å². The van der Waals surface area contributed by atoms with Crippen LogP contribution in [0.5, 0.6) is 11.5 Å². The average molecular weight is 432 g/mol.